The number of amides is 1. The van der Waals surface area contributed by atoms with Gasteiger partial charge in [-0.25, -0.2) is 17.5 Å². The summed E-state index contributed by atoms with van der Waals surface area (Å²) < 4.78 is 43.8. The lowest BCUT2D eigenvalue weighted by Crippen LogP contribution is -2.38. The van der Waals surface area contributed by atoms with Crippen LogP contribution in [0.3, 0.4) is 0 Å². The minimum atomic E-state index is -4.01. The second-order valence-corrected chi connectivity index (χ2v) is 6.80. The summed E-state index contributed by atoms with van der Waals surface area (Å²) in [6.07, 6.45) is -0.0959. The van der Waals surface area contributed by atoms with Crippen molar-refractivity contribution in [2.24, 2.45) is 5.92 Å². The van der Waals surface area contributed by atoms with Crippen LogP contribution in [0.25, 0.3) is 0 Å². The highest BCUT2D eigenvalue weighted by Gasteiger charge is 2.22. The molecule has 0 heterocycles. The van der Waals surface area contributed by atoms with Crippen molar-refractivity contribution >= 4 is 15.9 Å². The van der Waals surface area contributed by atoms with Gasteiger partial charge in [-0.05, 0) is 43.5 Å². The first-order chi connectivity index (χ1) is 9.72. The van der Waals surface area contributed by atoms with E-state index in [1.807, 2.05) is 18.6 Å². The molecule has 0 unspecified atom stereocenters. The van der Waals surface area contributed by atoms with Crippen molar-refractivity contribution in [3.63, 3.8) is 0 Å². The van der Waals surface area contributed by atoms with Gasteiger partial charge in [-0.15, -0.1) is 0 Å². The molecule has 0 aliphatic heterocycles. The van der Waals surface area contributed by atoms with E-state index in [0.29, 0.717) is 12.5 Å². The zero-order valence-corrected chi connectivity index (χ0v) is 13.1. The molecule has 0 saturated carbocycles. The van der Waals surface area contributed by atoms with Gasteiger partial charge in [-0.1, -0.05) is 13.8 Å². The Morgan fingerprint density at radius 3 is 2.33 bits per heavy atom. The van der Waals surface area contributed by atoms with Gasteiger partial charge in [0, 0.05) is 6.61 Å². The number of benzene rings is 1. The summed E-state index contributed by atoms with van der Waals surface area (Å²) >= 11 is 0. The molecular formula is C14H20FNO4S. The third-order valence-corrected chi connectivity index (χ3v) is 4.15. The van der Waals surface area contributed by atoms with Crippen LogP contribution in [0.5, 0.6) is 0 Å². The number of nitrogens with one attached hydrogen (secondary N) is 1. The van der Waals surface area contributed by atoms with Crippen molar-refractivity contribution in [3.8, 4) is 0 Å². The summed E-state index contributed by atoms with van der Waals surface area (Å²) in [4.78, 5) is 11.6. The summed E-state index contributed by atoms with van der Waals surface area (Å²) in [6, 6.07) is 4.22. The van der Waals surface area contributed by atoms with Crippen LogP contribution in [-0.2, 0) is 19.6 Å². The first kappa shape index (κ1) is 17.6. The number of rotatable bonds is 7. The standard InChI is InChI=1S/C14H20FNO4S/c1-10(2)8-9-20-11(3)14(17)16-21(18,19)13-6-4-12(15)5-7-13/h4-7,10-11H,8-9H2,1-3H3,(H,16,17)/t11-/m0/s1. The fourth-order valence-corrected chi connectivity index (χ4v) is 2.49. The number of ether oxygens (including phenoxy) is 1. The van der Waals surface area contributed by atoms with Crippen LogP contribution in [0.4, 0.5) is 4.39 Å². The first-order valence-electron chi connectivity index (χ1n) is 6.66. The van der Waals surface area contributed by atoms with Crippen molar-refractivity contribution in [1.82, 2.24) is 4.72 Å². The van der Waals surface area contributed by atoms with E-state index in [2.05, 4.69) is 0 Å². The van der Waals surface area contributed by atoms with E-state index in [4.69, 9.17) is 4.74 Å². The van der Waals surface area contributed by atoms with Crippen molar-refractivity contribution in [2.75, 3.05) is 6.61 Å². The fourth-order valence-electron chi connectivity index (χ4n) is 1.44. The maximum atomic E-state index is 12.8. The lowest BCUT2D eigenvalue weighted by Gasteiger charge is -2.14. The predicted molar refractivity (Wildman–Crippen MR) is 76.6 cm³/mol. The van der Waals surface area contributed by atoms with Gasteiger partial charge in [0.25, 0.3) is 15.9 Å². The van der Waals surface area contributed by atoms with Gasteiger partial charge in [-0.2, -0.15) is 0 Å². The van der Waals surface area contributed by atoms with Crippen molar-refractivity contribution in [2.45, 2.75) is 38.2 Å². The van der Waals surface area contributed by atoms with E-state index >= 15 is 0 Å². The lowest BCUT2D eigenvalue weighted by atomic mass is 10.1. The lowest BCUT2D eigenvalue weighted by molar-refractivity contribution is -0.130. The van der Waals surface area contributed by atoms with E-state index in [0.717, 1.165) is 30.7 Å². The van der Waals surface area contributed by atoms with Crippen LogP contribution in [-0.4, -0.2) is 27.0 Å². The van der Waals surface area contributed by atoms with Crippen LogP contribution in [0, 0.1) is 11.7 Å². The average molecular weight is 317 g/mol. The molecule has 1 aromatic rings. The van der Waals surface area contributed by atoms with Crippen LogP contribution in [0.15, 0.2) is 29.2 Å². The maximum absolute atomic E-state index is 12.8. The number of carbonyl (C=O) groups is 1. The third-order valence-electron chi connectivity index (χ3n) is 2.79. The monoisotopic (exact) mass is 317 g/mol. The van der Waals surface area contributed by atoms with Crippen LogP contribution >= 0.6 is 0 Å². The molecule has 0 spiro atoms. The molecular weight excluding hydrogens is 297 g/mol. The maximum Gasteiger partial charge on any atom is 0.264 e. The molecule has 5 nitrogen and oxygen atoms in total. The summed E-state index contributed by atoms with van der Waals surface area (Å²) in [6.45, 7) is 5.90. The molecule has 1 rings (SSSR count). The zero-order valence-electron chi connectivity index (χ0n) is 12.3. The van der Waals surface area contributed by atoms with Crippen molar-refractivity contribution in [3.05, 3.63) is 30.1 Å². The number of sulfonamides is 1. The Labute approximate surface area is 124 Å². The SMILES string of the molecule is CC(C)CCO[C@@H](C)C(=O)NS(=O)(=O)c1ccc(F)cc1. The summed E-state index contributed by atoms with van der Waals surface area (Å²) in [5, 5.41) is 0. The van der Waals surface area contributed by atoms with Crippen molar-refractivity contribution < 1.29 is 22.3 Å². The van der Waals surface area contributed by atoms with Gasteiger partial charge in [0.05, 0.1) is 4.90 Å². The van der Waals surface area contributed by atoms with Gasteiger partial charge in [0.2, 0.25) is 0 Å². The smallest absolute Gasteiger partial charge is 0.264 e. The molecule has 0 aliphatic carbocycles. The normalized spacial score (nSPS) is 13.2. The van der Waals surface area contributed by atoms with Gasteiger partial charge in [0.15, 0.2) is 0 Å². The Balaban J connectivity index is 2.62. The molecule has 0 bridgehead atoms. The summed E-state index contributed by atoms with van der Waals surface area (Å²) in [7, 11) is -4.01. The van der Waals surface area contributed by atoms with Gasteiger partial charge in [-0.3, -0.25) is 4.79 Å². The van der Waals surface area contributed by atoms with Gasteiger partial charge < -0.3 is 4.74 Å². The Hall–Kier alpha value is -1.47. The first-order valence-corrected chi connectivity index (χ1v) is 8.14. The molecule has 0 saturated heterocycles. The number of halogens is 1. The molecule has 1 N–H and O–H groups in total. The Morgan fingerprint density at radius 1 is 1.24 bits per heavy atom. The summed E-state index contributed by atoms with van der Waals surface area (Å²) in [5.41, 5.74) is 0. The zero-order chi connectivity index (χ0) is 16.0. The Morgan fingerprint density at radius 2 is 1.81 bits per heavy atom. The quantitative estimate of drug-likeness (QED) is 0.836. The highest BCUT2D eigenvalue weighted by molar-refractivity contribution is 7.90. The molecule has 0 aromatic heterocycles. The minimum Gasteiger partial charge on any atom is -0.369 e. The molecule has 0 radical (unpaired) electrons. The Kier molecular flexibility index (Phi) is 6.29. The predicted octanol–water partition coefficient (Wildman–Crippen LogP) is 2.08. The Bertz CT molecular complexity index is 569. The van der Waals surface area contributed by atoms with Crippen LogP contribution < -0.4 is 4.72 Å². The van der Waals surface area contributed by atoms with Crippen LogP contribution in [0.2, 0.25) is 0 Å². The third kappa shape index (κ3) is 5.81. The average Bonchev–Trinajstić information content (AvgIpc) is 2.38. The second-order valence-electron chi connectivity index (χ2n) is 5.12. The number of carbonyl (C=O) groups excluding carboxylic acids is 1. The number of hydrogen-bond acceptors (Lipinski definition) is 4. The largest absolute Gasteiger partial charge is 0.369 e. The van der Waals surface area contributed by atoms with E-state index in [1.54, 1.807) is 0 Å². The van der Waals surface area contributed by atoms with Gasteiger partial charge in [0.1, 0.15) is 11.9 Å². The van der Waals surface area contributed by atoms with E-state index in [9.17, 15) is 17.6 Å². The van der Waals surface area contributed by atoms with Crippen LogP contribution in [0.1, 0.15) is 27.2 Å². The molecule has 0 aliphatic rings. The second kappa shape index (κ2) is 7.51. The molecule has 1 atom stereocenters. The molecule has 1 amide bonds. The molecule has 118 valence electrons. The van der Waals surface area contributed by atoms with Crippen molar-refractivity contribution in [1.29, 1.82) is 0 Å². The van der Waals surface area contributed by atoms with E-state index in [1.165, 1.54) is 6.92 Å². The molecule has 21 heavy (non-hydrogen) atoms. The number of hydrogen-bond donors (Lipinski definition) is 1. The topological polar surface area (TPSA) is 72.5 Å². The van der Waals surface area contributed by atoms with E-state index in [-0.39, 0.29) is 4.90 Å². The molecule has 1 aromatic carbocycles. The van der Waals surface area contributed by atoms with Gasteiger partial charge >= 0.3 is 0 Å². The summed E-state index contributed by atoms with van der Waals surface area (Å²) in [5.74, 6) is -0.864. The molecule has 7 heteroatoms. The fraction of sp³-hybridized carbons (Fsp3) is 0.500. The minimum absolute atomic E-state index is 0.174. The van der Waals surface area contributed by atoms with E-state index < -0.39 is 27.9 Å². The highest BCUT2D eigenvalue weighted by atomic mass is 32.2. The molecule has 0 fully saturated rings. The highest BCUT2D eigenvalue weighted by Crippen LogP contribution is 2.10.